The number of rotatable bonds is 4. The van der Waals surface area contributed by atoms with Crippen LogP contribution in [0.25, 0.3) is 0 Å². The van der Waals surface area contributed by atoms with Crippen LogP contribution < -0.4 is 19.9 Å². The van der Waals surface area contributed by atoms with E-state index in [1.807, 2.05) is 0 Å². The zero-order valence-electron chi connectivity index (χ0n) is 19.4. The molecule has 1 atom stereocenters. The molecule has 4 rings (SSSR count). The highest BCUT2D eigenvalue weighted by Gasteiger charge is 2.34. The minimum Gasteiger partial charge on any atom is -0.404 e. The van der Waals surface area contributed by atoms with Gasteiger partial charge in [0.1, 0.15) is 0 Å². The molecule has 0 saturated carbocycles. The molecule has 0 bridgehead atoms. The monoisotopic (exact) mass is 566 g/mol. The Balaban J connectivity index is 1.74. The van der Waals surface area contributed by atoms with Crippen molar-refractivity contribution in [2.75, 3.05) is 23.9 Å². The van der Waals surface area contributed by atoms with Crippen molar-refractivity contribution < 1.29 is 22.7 Å². The first-order chi connectivity index (χ1) is 17.5. The third-order valence-electron chi connectivity index (χ3n) is 5.54. The van der Waals surface area contributed by atoms with Crippen molar-refractivity contribution >= 4 is 63.5 Å². The summed E-state index contributed by atoms with van der Waals surface area (Å²) in [6.07, 6.45) is -6.12. The number of anilines is 2. The Kier molecular flexibility index (Phi) is 7.63. The number of benzene rings is 3. The zero-order valence-corrected chi connectivity index (χ0v) is 21.7. The number of nitrogens with zero attached hydrogens (tertiary/aromatic N) is 3. The summed E-state index contributed by atoms with van der Waals surface area (Å²) in [4.78, 5) is 20.8. The van der Waals surface area contributed by atoms with E-state index in [2.05, 4.69) is 15.0 Å². The Morgan fingerprint density at radius 2 is 1.76 bits per heavy atom. The largest absolute Gasteiger partial charge is 0.573 e. The number of amides is 1. The van der Waals surface area contributed by atoms with E-state index < -0.39 is 24.2 Å². The molecule has 1 aliphatic rings. The molecule has 3 aromatic rings. The van der Waals surface area contributed by atoms with Gasteiger partial charge in [0, 0.05) is 35.3 Å². The summed E-state index contributed by atoms with van der Waals surface area (Å²) >= 11 is 18.2. The molecule has 1 heterocycles. The molecular formula is C25H19Cl2F3N4O2S. The average Bonchev–Trinajstić information content (AvgIpc) is 2.93. The summed E-state index contributed by atoms with van der Waals surface area (Å²) in [5.74, 6) is -0.908. The minimum absolute atomic E-state index is 0.0390. The molecule has 192 valence electrons. The molecular weight excluding hydrogens is 548 g/mol. The molecule has 0 fully saturated rings. The highest BCUT2D eigenvalue weighted by molar-refractivity contribution is 7.80. The van der Waals surface area contributed by atoms with E-state index in [1.165, 1.54) is 41.1 Å². The van der Waals surface area contributed by atoms with Gasteiger partial charge in [-0.3, -0.25) is 4.79 Å². The first-order valence-electron chi connectivity index (χ1n) is 10.8. The van der Waals surface area contributed by atoms with Crippen LogP contribution in [-0.2, 0) is 4.79 Å². The third-order valence-corrected chi connectivity index (χ3v) is 6.50. The van der Waals surface area contributed by atoms with Crippen LogP contribution in [-0.4, -0.2) is 43.4 Å². The molecule has 1 aliphatic heterocycles. The molecule has 1 amide bonds. The van der Waals surface area contributed by atoms with Gasteiger partial charge >= 0.3 is 6.36 Å². The lowest BCUT2D eigenvalue weighted by Gasteiger charge is -2.27. The summed E-state index contributed by atoms with van der Waals surface area (Å²) in [6.45, 7) is 0. The number of thiocarbonyl (C=S) groups is 1. The molecule has 0 radical (unpaired) electrons. The fourth-order valence-corrected chi connectivity index (χ4v) is 4.38. The summed E-state index contributed by atoms with van der Waals surface area (Å²) < 4.78 is 42.9. The molecule has 0 spiro atoms. The maximum atomic E-state index is 13.4. The van der Waals surface area contributed by atoms with Crippen LogP contribution in [0.3, 0.4) is 0 Å². The van der Waals surface area contributed by atoms with Crippen LogP contribution in [0.5, 0.6) is 5.75 Å². The number of carbonyl (C=O) groups is 1. The number of carbonyl (C=O) groups excluding carboxylic acids is 1. The normalized spacial score (nSPS) is 15.4. The van der Waals surface area contributed by atoms with E-state index in [4.69, 9.17) is 35.4 Å². The van der Waals surface area contributed by atoms with Gasteiger partial charge in [0.05, 0.1) is 17.1 Å². The van der Waals surface area contributed by atoms with Gasteiger partial charge in [0.2, 0.25) is 6.17 Å². The predicted octanol–water partition coefficient (Wildman–Crippen LogP) is 6.04. The number of nitrogens with one attached hydrogen (secondary N) is 1. The van der Waals surface area contributed by atoms with E-state index in [0.717, 1.165) is 0 Å². The van der Waals surface area contributed by atoms with Gasteiger partial charge in [-0.15, -0.1) is 13.2 Å². The van der Waals surface area contributed by atoms with E-state index in [1.54, 1.807) is 49.5 Å². The van der Waals surface area contributed by atoms with Crippen molar-refractivity contribution in [1.82, 2.24) is 5.32 Å². The van der Waals surface area contributed by atoms with Crippen molar-refractivity contribution in [3.05, 3.63) is 87.9 Å². The predicted molar refractivity (Wildman–Crippen MR) is 143 cm³/mol. The summed E-state index contributed by atoms with van der Waals surface area (Å²) in [5.41, 5.74) is 2.11. The molecule has 0 saturated heterocycles. The van der Waals surface area contributed by atoms with Gasteiger partial charge in [-0.25, -0.2) is 4.99 Å². The van der Waals surface area contributed by atoms with Crippen LogP contribution >= 0.6 is 35.4 Å². The Hall–Kier alpha value is -3.34. The van der Waals surface area contributed by atoms with Gasteiger partial charge in [-0.05, 0) is 48.6 Å². The smallest absolute Gasteiger partial charge is 0.404 e. The molecule has 0 aromatic heterocycles. The zero-order chi connectivity index (χ0) is 26.9. The summed E-state index contributed by atoms with van der Waals surface area (Å²) in [6, 6.07) is 17.5. The highest BCUT2D eigenvalue weighted by Crippen LogP contribution is 2.34. The summed E-state index contributed by atoms with van der Waals surface area (Å²) in [7, 11) is 3.03. The first-order valence-corrected chi connectivity index (χ1v) is 11.9. The van der Waals surface area contributed by atoms with Crippen molar-refractivity contribution in [2.45, 2.75) is 12.5 Å². The second-order valence-electron chi connectivity index (χ2n) is 7.94. The number of fused-ring (bicyclic) bond motifs is 1. The van der Waals surface area contributed by atoms with Crippen LogP contribution in [0, 0.1) is 0 Å². The minimum atomic E-state index is -4.90. The highest BCUT2D eigenvalue weighted by atomic mass is 35.5. The molecule has 1 N–H and O–H groups in total. The van der Waals surface area contributed by atoms with E-state index >= 15 is 0 Å². The third kappa shape index (κ3) is 5.82. The van der Waals surface area contributed by atoms with Crippen LogP contribution in [0.15, 0.2) is 71.7 Å². The molecule has 3 aromatic carbocycles. The van der Waals surface area contributed by atoms with Gasteiger partial charge in [-0.1, -0.05) is 53.5 Å². The number of benzodiazepines with no additional fused rings is 1. The molecule has 37 heavy (non-hydrogen) atoms. The maximum Gasteiger partial charge on any atom is 0.573 e. The Bertz CT molecular complexity index is 1400. The van der Waals surface area contributed by atoms with Gasteiger partial charge in [-0.2, -0.15) is 0 Å². The number of para-hydroxylation sites is 2. The lowest BCUT2D eigenvalue weighted by atomic mass is 10.00. The van der Waals surface area contributed by atoms with Gasteiger partial charge in [0.25, 0.3) is 5.91 Å². The number of likely N-dealkylation sites (N-methyl/N-ethyl adjacent to an activating group) is 1. The molecule has 6 nitrogen and oxygen atoms in total. The fourth-order valence-electron chi connectivity index (χ4n) is 3.78. The fraction of sp³-hybridized carbons (Fsp3) is 0.160. The van der Waals surface area contributed by atoms with E-state index in [-0.39, 0.29) is 10.8 Å². The molecule has 12 heteroatoms. The first kappa shape index (κ1) is 26.7. The van der Waals surface area contributed by atoms with E-state index in [9.17, 15) is 18.0 Å². The Morgan fingerprint density at radius 1 is 1.08 bits per heavy atom. The number of hydrogen-bond donors (Lipinski definition) is 1. The van der Waals surface area contributed by atoms with Gasteiger partial charge in [0.15, 0.2) is 10.9 Å². The van der Waals surface area contributed by atoms with Gasteiger partial charge < -0.3 is 19.9 Å². The van der Waals surface area contributed by atoms with Crippen molar-refractivity contribution in [3.8, 4) is 5.75 Å². The number of alkyl halides is 3. The summed E-state index contributed by atoms with van der Waals surface area (Å²) in [5, 5.41) is 3.64. The maximum absolute atomic E-state index is 13.4. The lowest BCUT2D eigenvalue weighted by molar-refractivity contribution is -0.274. The molecule has 0 aliphatic carbocycles. The van der Waals surface area contributed by atoms with Crippen LogP contribution in [0.4, 0.5) is 24.5 Å². The van der Waals surface area contributed by atoms with Crippen molar-refractivity contribution in [2.24, 2.45) is 4.99 Å². The number of halogens is 5. The van der Waals surface area contributed by atoms with E-state index in [0.29, 0.717) is 32.6 Å². The standard InChI is InChI=1S/C25H19Cl2F3N4O2S/c1-33-18-12-11-14(26)13-16(18)21(15-7-3-4-8-17(15)27)31-22(23(33)35)32-24(37)34(2)19-9-5-6-10-20(19)36-25(28,29)30/h3-13,22H,1-2H3,(H,32,37). The quantitative estimate of drug-likeness (QED) is 0.390. The Morgan fingerprint density at radius 3 is 2.46 bits per heavy atom. The second-order valence-corrected chi connectivity index (χ2v) is 9.17. The number of aliphatic imine (C=N–C) groups is 1. The second kappa shape index (κ2) is 10.6. The Labute approximate surface area is 226 Å². The topological polar surface area (TPSA) is 57.2 Å². The van der Waals surface area contributed by atoms with Crippen LogP contribution in [0.2, 0.25) is 10.0 Å². The van der Waals surface area contributed by atoms with Crippen molar-refractivity contribution in [1.29, 1.82) is 0 Å². The lowest BCUT2D eigenvalue weighted by Crippen LogP contribution is -2.50. The number of hydrogen-bond acceptors (Lipinski definition) is 4. The SMILES string of the molecule is CN(C(=S)NC1N=C(c2ccccc2Cl)c2cc(Cl)ccc2N(C)C1=O)c1ccccc1OC(F)(F)F. The van der Waals surface area contributed by atoms with Crippen molar-refractivity contribution in [3.63, 3.8) is 0 Å². The molecule has 1 unspecified atom stereocenters. The number of ether oxygens (including phenoxy) is 1. The van der Waals surface area contributed by atoms with Crippen LogP contribution in [0.1, 0.15) is 11.1 Å². The average molecular weight is 567 g/mol.